The first-order valence-electron chi connectivity index (χ1n) is 10.1. The molecule has 160 valence electrons. The standard InChI is InChI=1S/C22H26F2N4O2/c1-3-4-21(29)28-11-9-17(10-12-28)27(2)22(30)26-20-8-5-15(14-25-20)18-13-16(23)6-7-19(18)24/h5-8,13-14,17H,3-4,9-12H2,1-2H3,(H,25,26,30). The Kier molecular flexibility index (Phi) is 6.97. The van der Waals surface area contributed by atoms with E-state index in [1.807, 2.05) is 11.8 Å². The molecule has 1 aromatic heterocycles. The first kappa shape index (κ1) is 21.7. The van der Waals surface area contributed by atoms with E-state index in [9.17, 15) is 18.4 Å². The van der Waals surface area contributed by atoms with E-state index in [2.05, 4.69) is 10.3 Å². The molecule has 0 atom stereocenters. The summed E-state index contributed by atoms with van der Waals surface area (Å²) in [6.45, 7) is 3.28. The molecule has 3 rings (SSSR count). The number of nitrogens with one attached hydrogen (secondary N) is 1. The molecule has 1 aliphatic heterocycles. The summed E-state index contributed by atoms with van der Waals surface area (Å²) in [5.41, 5.74) is 0.532. The van der Waals surface area contributed by atoms with Crippen molar-refractivity contribution >= 4 is 17.8 Å². The maximum Gasteiger partial charge on any atom is 0.323 e. The zero-order chi connectivity index (χ0) is 21.7. The second kappa shape index (κ2) is 9.65. The fourth-order valence-corrected chi connectivity index (χ4v) is 3.58. The lowest BCUT2D eigenvalue weighted by Crippen LogP contribution is -2.48. The lowest BCUT2D eigenvalue weighted by Gasteiger charge is -2.36. The van der Waals surface area contributed by atoms with Crippen molar-refractivity contribution in [3.05, 3.63) is 48.2 Å². The molecule has 0 unspecified atom stereocenters. The minimum atomic E-state index is -0.543. The van der Waals surface area contributed by atoms with Crippen LogP contribution in [0.4, 0.5) is 19.4 Å². The number of nitrogens with zero attached hydrogens (tertiary/aromatic N) is 3. The minimum absolute atomic E-state index is 0.0383. The van der Waals surface area contributed by atoms with Gasteiger partial charge in [-0.1, -0.05) is 6.92 Å². The van der Waals surface area contributed by atoms with Crippen LogP contribution in [0.15, 0.2) is 36.5 Å². The van der Waals surface area contributed by atoms with Gasteiger partial charge in [0.1, 0.15) is 17.5 Å². The van der Waals surface area contributed by atoms with E-state index in [-0.39, 0.29) is 23.5 Å². The van der Waals surface area contributed by atoms with E-state index in [1.165, 1.54) is 6.20 Å². The number of rotatable bonds is 5. The van der Waals surface area contributed by atoms with Crippen LogP contribution in [0.3, 0.4) is 0 Å². The third kappa shape index (κ3) is 5.11. The van der Waals surface area contributed by atoms with Crippen molar-refractivity contribution in [2.75, 3.05) is 25.5 Å². The molecule has 1 fully saturated rings. The highest BCUT2D eigenvalue weighted by atomic mass is 19.1. The number of piperidine rings is 1. The van der Waals surface area contributed by atoms with Crippen molar-refractivity contribution in [3.63, 3.8) is 0 Å². The normalized spacial score (nSPS) is 14.5. The number of halogens is 2. The average molecular weight is 416 g/mol. The maximum absolute atomic E-state index is 13.9. The molecule has 2 aromatic rings. The topological polar surface area (TPSA) is 65.5 Å². The molecule has 6 nitrogen and oxygen atoms in total. The second-order valence-corrected chi connectivity index (χ2v) is 7.46. The van der Waals surface area contributed by atoms with Gasteiger partial charge in [0.25, 0.3) is 0 Å². The Bertz CT molecular complexity index is 897. The average Bonchev–Trinajstić information content (AvgIpc) is 2.76. The number of benzene rings is 1. The number of hydrogen-bond donors (Lipinski definition) is 1. The Balaban J connectivity index is 1.57. The van der Waals surface area contributed by atoms with Crippen molar-refractivity contribution in [1.82, 2.24) is 14.8 Å². The summed E-state index contributed by atoms with van der Waals surface area (Å²) in [6.07, 6.45) is 4.24. The molecule has 1 aliphatic rings. The highest BCUT2D eigenvalue weighted by molar-refractivity contribution is 5.88. The molecule has 0 bridgehead atoms. The van der Waals surface area contributed by atoms with E-state index in [4.69, 9.17) is 0 Å². The summed E-state index contributed by atoms with van der Waals surface area (Å²) in [4.78, 5) is 32.2. The smallest absolute Gasteiger partial charge is 0.323 e. The van der Waals surface area contributed by atoms with Crippen molar-refractivity contribution < 1.29 is 18.4 Å². The summed E-state index contributed by atoms with van der Waals surface area (Å²) < 4.78 is 27.3. The van der Waals surface area contributed by atoms with Crippen molar-refractivity contribution in [3.8, 4) is 11.1 Å². The molecule has 8 heteroatoms. The lowest BCUT2D eigenvalue weighted by molar-refractivity contribution is -0.132. The van der Waals surface area contributed by atoms with Gasteiger partial charge in [0.05, 0.1) is 0 Å². The molecule has 0 spiro atoms. The number of amides is 3. The third-order valence-electron chi connectivity index (χ3n) is 5.39. The molecular formula is C22H26F2N4O2. The molecular weight excluding hydrogens is 390 g/mol. The Hall–Kier alpha value is -3.03. The third-order valence-corrected chi connectivity index (χ3v) is 5.39. The summed E-state index contributed by atoms with van der Waals surface area (Å²) in [5.74, 6) is -0.587. The maximum atomic E-state index is 13.9. The molecule has 30 heavy (non-hydrogen) atoms. The lowest BCUT2D eigenvalue weighted by atomic mass is 10.0. The van der Waals surface area contributed by atoms with Gasteiger partial charge in [0.15, 0.2) is 0 Å². The van der Waals surface area contributed by atoms with Gasteiger partial charge in [-0.2, -0.15) is 0 Å². The number of anilines is 1. The summed E-state index contributed by atoms with van der Waals surface area (Å²) in [7, 11) is 1.72. The van der Waals surface area contributed by atoms with E-state index in [0.717, 1.165) is 37.5 Å². The quantitative estimate of drug-likeness (QED) is 0.791. The van der Waals surface area contributed by atoms with Crippen LogP contribution >= 0.6 is 0 Å². The molecule has 3 amide bonds. The van der Waals surface area contributed by atoms with Gasteiger partial charge >= 0.3 is 6.03 Å². The Morgan fingerprint density at radius 2 is 1.93 bits per heavy atom. The summed E-state index contributed by atoms with van der Waals surface area (Å²) in [6, 6.07) is 6.10. The van der Waals surface area contributed by atoms with Crippen LogP contribution in [0.5, 0.6) is 0 Å². The minimum Gasteiger partial charge on any atom is -0.343 e. The van der Waals surface area contributed by atoms with E-state index < -0.39 is 11.6 Å². The fraction of sp³-hybridized carbons (Fsp3) is 0.409. The fourth-order valence-electron chi connectivity index (χ4n) is 3.58. The molecule has 0 saturated carbocycles. The molecule has 0 aliphatic carbocycles. The van der Waals surface area contributed by atoms with Crippen molar-refractivity contribution in [2.45, 2.75) is 38.6 Å². The SMILES string of the molecule is CCCC(=O)N1CCC(N(C)C(=O)Nc2ccc(-c3cc(F)ccc3F)cn2)CC1. The van der Waals surface area contributed by atoms with Gasteiger partial charge < -0.3 is 9.80 Å². The van der Waals surface area contributed by atoms with E-state index in [0.29, 0.717) is 30.9 Å². The number of hydrogen-bond acceptors (Lipinski definition) is 3. The number of aromatic nitrogens is 1. The Morgan fingerprint density at radius 3 is 2.57 bits per heavy atom. The number of pyridine rings is 1. The molecule has 0 radical (unpaired) electrons. The predicted molar refractivity (Wildman–Crippen MR) is 111 cm³/mol. The first-order valence-corrected chi connectivity index (χ1v) is 10.1. The zero-order valence-electron chi connectivity index (χ0n) is 17.2. The van der Waals surface area contributed by atoms with Gasteiger partial charge in [0.2, 0.25) is 5.91 Å². The van der Waals surface area contributed by atoms with Crippen LogP contribution in [0.2, 0.25) is 0 Å². The van der Waals surface area contributed by atoms with Gasteiger partial charge in [-0.15, -0.1) is 0 Å². The van der Waals surface area contributed by atoms with Crippen LogP contribution in [0.25, 0.3) is 11.1 Å². The van der Waals surface area contributed by atoms with E-state index >= 15 is 0 Å². The highest BCUT2D eigenvalue weighted by Gasteiger charge is 2.27. The molecule has 1 aromatic carbocycles. The van der Waals surface area contributed by atoms with Crippen LogP contribution in [0, 0.1) is 11.6 Å². The van der Waals surface area contributed by atoms with Crippen LogP contribution < -0.4 is 5.32 Å². The summed E-state index contributed by atoms with van der Waals surface area (Å²) >= 11 is 0. The second-order valence-electron chi connectivity index (χ2n) is 7.46. The predicted octanol–water partition coefficient (Wildman–Crippen LogP) is 4.28. The van der Waals surface area contributed by atoms with Crippen molar-refractivity contribution in [2.24, 2.45) is 0 Å². The number of likely N-dealkylation sites (tertiary alicyclic amines) is 1. The number of urea groups is 1. The monoisotopic (exact) mass is 416 g/mol. The Morgan fingerprint density at radius 1 is 1.20 bits per heavy atom. The molecule has 1 saturated heterocycles. The van der Waals surface area contributed by atoms with Gasteiger partial charge in [0, 0.05) is 49.9 Å². The van der Waals surface area contributed by atoms with Crippen molar-refractivity contribution in [1.29, 1.82) is 0 Å². The van der Waals surface area contributed by atoms with Gasteiger partial charge in [-0.25, -0.2) is 18.6 Å². The van der Waals surface area contributed by atoms with Crippen LogP contribution in [-0.2, 0) is 4.79 Å². The van der Waals surface area contributed by atoms with Crippen LogP contribution in [0.1, 0.15) is 32.6 Å². The summed E-state index contributed by atoms with van der Waals surface area (Å²) in [5, 5.41) is 2.73. The van der Waals surface area contributed by atoms with E-state index in [1.54, 1.807) is 24.1 Å². The number of carbonyl (C=O) groups is 2. The Labute approximate surface area is 174 Å². The number of carbonyl (C=O) groups excluding carboxylic acids is 2. The first-order chi connectivity index (χ1) is 14.4. The molecule has 2 heterocycles. The highest BCUT2D eigenvalue weighted by Crippen LogP contribution is 2.24. The molecule has 1 N–H and O–H groups in total. The van der Waals surface area contributed by atoms with Gasteiger partial charge in [-0.3, -0.25) is 10.1 Å². The van der Waals surface area contributed by atoms with Gasteiger partial charge in [-0.05, 0) is 49.6 Å². The largest absolute Gasteiger partial charge is 0.343 e. The zero-order valence-corrected chi connectivity index (χ0v) is 17.2. The van der Waals surface area contributed by atoms with Crippen LogP contribution in [-0.4, -0.2) is 52.9 Å².